The summed E-state index contributed by atoms with van der Waals surface area (Å²) in [4.78, 5) is 51.4. The lowest BCUT2D eigenvalue weighted by molar-refractivity contribution is -0.301. The first-order chi connectivity index (χ1) is 40.6. The fraction of sp³-hybridized carbons (Fsp3) is 0.746. The van der Waals surface area contributed by atoms with Gasteiger partial charge in [0.05, 0.1) is 6.61 Å². The fourth-order valence-electron chi connectivity index (χ4n) is 9.73. The van der Waals surface area contributed by atoms with Gasteiger partial charge in [-0.25, -0.2) is 4.79 Å². The number of carboxylic acids is 1. The minimum Gasteiger partial charge on any atom is -0.479 e. The third-order valence-corrected chi connectivity index (χ3v) is 14.9. The number of esters is 3. The molecule has 1 aliphatic rings. The molecule has 0 saturated carbocycles. The molecule has 3 N–H and O–H groups in total. The van der Waals surface area contributed by atoms with Crippen molar-refractivity contribution in [3.05, 3.63) is 85.1 Å². The second kappa shape index (κ2) is 58.3. The quantitative estimate of drug-likeness (QED) is 0.0228. The summed E-state index contributed by atoms with van der Waals surface area (Å²) in [6.07, 6.45) is 63.8. The maximum Gasteiger partial charge on any atom is 0.335 e. The van der Waals surface area contributed by atoms with E-state index in [0.29, 0.717) is 19.3 Å². The van der Waals surface area contributed by atoms with Crippen molar-refractivity contribution in [2.45, 2.75) is 327 Å². The molecule has 0 radical (unpaired) electrons. The highest BCUT2D eigenvalue weighted by atomic mass is 16.7. The summed E-state index contributed by atoms with van der Waals surface area (Å²) in [5.74, 6) is -3.15. The van der Waals surface area contributed by atoms with Crippen molar-refractivity contribution in [3.63, 3.8) is 0 Å². The average molecular weight is 1170 g/mol. The van der Waals surface area contributed by atoms with Gasteiger partial charge in [0, 0.05) is 19.3 Å². The van der Waals surface area contributed by atoms with Crippen LogP contribution in [0.15, 0.2) is 85.1 Å². The molecule has 12 nitrogen and oxygen atoms in total. The SMILES string of the molecule is CCCCC/C=C\C/C=C\C/C=C\CCCCCCCCC(=O)OCC(COC1OC(C(=O)O)C(O)C(O)C1OC(=O)CCCCCCCCC/C=C\C/C=C\CCCCC)OC(=O)CCCCCCCCC/C=C\C/C=C\CCCCC. The van der Waals surface area contributed by atoms with Crippen LogP contribution in [0.4, 0.5) is 0 Å². The average Bonchev–Trinajstić information content (AvgIpc) is 3.59. The van der Waals surface area contributed by atoms with Gasteiger partial charge in [0.1, 0.15) is 18.8 Å². The monoisotopic (exact) mass is 1160 g/mol. The molecule has 1 aliphatic heterocycles. The largest absolute Gasteiger partial charge is 0.479 e. The van der Waals surface area contributed by atoms with Crippen LogP contribution >= 0.6 is 0 Å². The first-order valence-electron chi connectivity index (χ1n) is 33.6. The Hall–Kier alpha value is -4.10. The summed E-state index contributed by atoms with van der Waals surface area (Å²) in [5, 5.41) is 31.6. The Morgan fingerprint density at radius 1 is 0.398 bits per heavy atom. The molecule has 0 aromatic rings. The highest BCUT2D eigenvalue weighted by molar-refractivity contribution is 5.74. The van der Waals surface area contributed by atoms with Gasteiger partial charge in [-0.2, -0.15) is 0 Å². The maximum absolute atomic E-state index is 13.2. The van der Waals surface area contributed by atoms with Gasteiger partial charge < -0.3 is 39.0 Å². The topological polar surface area (TPSA) is 175 Å². The van der Waals surface area contributed by atoms with Crippen molar-refractivity contribution in [1.82, 2.24) is 0 Å². The van der Waals surface area contributed by atoms with Crippen molar-refractivity contribution in [2.24, 2.45) is 0 Å². The highest BCUT2D eigenvalue weighted by Crippen LogP contribution is 2.27. The van der Waals surface area contributed by atoms with E-state index in [-0.39, 0.29) is 25.9 Å². The zero-order chi connectivity index (χ0) is 60.3. The number of carboxylic acid groups (broad SMARTS) is 1. The van der Waals surface area contributed by atoms with E-state index in [9.17, 15) is 34.5 Å². The molecular formula is C71H120O12. The van der Waals surface area contributed by atoms with Gasteiger partial charge in [0.25, 0.3) is 0 Å². The van der Waals surface area contributed by atoms with Crippen LogP contribution in [-0.4, -0.2) is 89.2 Å². The molecule has 0 bridgehead atoms. The molecular weight excluding hydrogens is 1040 g/mol. The van der Waals surface area contributed by atoms with E-state index in [0.717, 1.165) is 154 Å². The number of aliphatic hydroxyl groups excluding tert-OH is 2. The Morgan fingerprint density at radius 2 is 0.723 bits per heavy atom. The Morgan fingerprint density at radius 3 is 1.10 bits per heavy atom. The number of carbonyl (C=O) groups is 4. The van der Waals surface area contributed by atoms with Gasteiger partial charge in [-0.05, 0) is 122 Å². The standard InChI is InChI=1S/C71H120O12/c1-4-7-10-13-16-19-22-25-28-31-32-35-36-39-42-45-48-51-54-57-63(72)79-60-62(81-64(73)58-55-52-49-46-43-40-37-33-29-26-23-20-17-14-11-8-5-2)61-80-71-69(67(76)66(75)68(83-71)70(77)78)82-65(74)59-56-53-50-47-44-41-38-34-30-27-24-21-18-15-12-9-6-3/h16-21,25-30,32,35,62,66-69,71,75-76H,4-15,22-24,31,33-34,36-61H2,1-3H3,(H,77,78)/b19-16-,20-17-,21-18-,28-25-,29-26-,30-27-,35-32-. The smallest absolute Gasteiger partial charge is 0.335 e. The third kappa shape index (κ3) is 47.8. The Bertz CT molecular complexity index is 1760. The van der Waals surface area contributed by atoms with E-state index in [2.05, 4.69) is 106 Å². The molecule has 1 rings (SSSR count). The summed E-state index contributed by atoms with van der Waals surface area (Å²) in [6, 6.07) is 0. The first-order valence-corrected chi connectivity index (χ1v) is 33.6. The van der Waals surface area contributed by atoms with E-state index in [1.807, 2.05) is 0 Å². The third-order valence-electron chi connectivity index (χ3n) is 14.9. The normalized spacial score (nSPS) is 18.1. The summed E-state index contributed by atoms with van der Waals surface area (Å²) in [7, 11) is 0. The molecule has 0 aromatic carbocycles. The molecule has 0 aliphatic carbocycles. The van der Waals surface area contributed by atoms with Crippen LogP contribution in [0.5, 0.6) is 0 Å². The van der Waals surface area contributed by atoms with E-state index in [4.69, 9.17) is 23.7 Å². The van der Waals surface area contributed by atoms with Gasteiger partial charge in [-0.1, -0.05) is 234 Å². The van der Waals surface area contributed by atoms with E-state index >= 15 is 0 Å². The molecule has 83 heavy (non-hydrogen) atoms. The molecule has 1 fully saturated rings. The zero-order valence-corrected chi connectivity index (χ0v) is 52.7. The molecule has 476 valence electrons. The van der Waals surface area contributed by atoms with Crippen LogP contribution in [0.2, 0.25) is 0 Å². The molecule has 6 unspecified atom stereocenters. The van der Waals surface area contributed by atoms with Gasteiger partial charge in [0.2, 0.25) is 0 Å². The minimum absolute atomic E-state index is 0.0471. The Labute approximate surface area is 505 Å². The minimum atomic E-state index is -1.91. The predicted octanol–water partition coefficient (Wildman–Crippen LogP) is 18.2. The van der Waals surface area contributed by atoms with Crippen LogP contribution in [0, 0.1) is 0 Å². The second-order valence-electron chi connectivity index (χ2n) is 22.7. The maximum atomic E-state index is 13.2. The molecule has 6 atom stereocenters. The summed E-state index contributed by atoms with van der Waals surface area (Å²) >= 11 is 0. The molecule has 12 heteroatoms. The number of aliphatic carboxylic acids is 1. The Kier molecular flexibility index (Phi) is 54.0. The lowest BCUT2D eigenvalue weighted by atomic mass is 9.98. The number of aliphatic hydroxyl groups is 2. The molecule has 0 amide bonds. The lowest BCUT2D eigenvalue weighted by Gasteiger charge is -2.40. The number of unbranched alkanes of at least 4 members (excludes halogenated alkanes) is 29. The Balaban J connectivity index is 2.67. The van der Waals surface area contributed by atoms with E-state index in [1.54, 1.807) is 0 Å². The van der Waals surface area contributed by atoms with Crippen LogP contribution in [-0.2, 0) is 42.9 Å². The van der Waals surface area contributed by atoms with Crippen molar-refractivity contribution in [3.8, 4) is 0 Å². The van der Waals surface area contributed by atoms with Gasteiger partial charge in [-0.3, -0.25) is 14.4 Å². The van der Waals surface area contributed by atoms with Crippen molar-refractivity contribution < 1.29 is 58.2 Å². The van der Waals surface area contributed by atoms with Crippen molar-refractivity contribution in [1.29, 1.82) is 0 Å². The van der Waals surface area contributed by atoms with E-state index < -0.39 is 67.3 Å². The van der Waals surface area contributed by atoms with Crippen LogP contribution < -0.4 is 0 Å². The van der Waals surface area contributed by atoms with Crippen molar-refractivity contribution in [2.75, 3.05) is 13.2 Å². The fourth-order valence-corrected chi connectivity index (χ4v) is 9.73. The number of allylic oxidation sites excluding steroid dienone is 14. The lowest BCUT2D eigenvalue weighted by Crippen LogP contribution is -2.61. The summed E-state index contributed by atoms with van der Waals surface area (Å²) < 4.78 is 28.6. The number of hydrogen-bond acceptors (Lipinski definition) is 11. The highest BCUT2D eigenvalue weighted by Gasteiger charge is 2.50. The number of rotatable bonds is 57. The number of carbonyl (C=O) groups excluding carboxylic acids is 3. The zero-order valence-electron chi connectivity index (χ0n) is 52.7. The molecule has 1 saturated heterocycles. The van der Waals surface area contributed by atoms with Gasteiger partial charge in [0.15, 0.2) is 24.6 Å². The van der Waals surface area contributed by atoms with Gasteiger partial charge in [-0.15, -0.1) is 0 Å². The second-order valence-corrected chi connectivity index (χ2v) is 22.7. The molecule has 0 aromatic heterocycles. The summed E-state index contributed by atoms with van der Waals surface area (Å²) in [5.41, 5.74) is 0. The van der Waals surface area contributed by atoms with Crippen LogP contribution in [0.25, 0.3) is 0 Å². The van der Waals surface area contributed by atoms with Crippen LogP contribution in [0.1, 0.15) is 290 Å². The number of ether oxygens (including phenoxy) is 5. The predicted molar refractivity (Wildman–Crippen MR) is 340 cm³/mol. The van der Waals surface area contributed by atoms with E-state index in [1.165, 1.54) is 77.0 Å². The molecule has 0 spiro atoms. The first kappa shape index (κ1) is 76.9. The van der Waals surface area contributed by atoms with Crippen LogP contribution in [0.3, 0.4) is 0 Å². The summed E-state index contributed by atoms with van der Waals surface area (Å²) in [6.45, 7) is 5.93. The molecule has 1 heterocycles. The number of hydrogen-bond donors (Lipinski definition) is 3. The van der Waals surface area contributed by atoms with Crippen molar-refractivity contribution >= 4 is 23.9 Å². The van der Waals surface area contributed by atoms with Gasteiger partial charge >= 0.3 is 23.9 Å².